The molecule has 38 heavy (non-hydrogen) atoms. The molecule has 6 nitrogen and oxygen atoms in total. The van der Waals surface area contributed by atoms with Crippen LogP contribution in [0.4, 0.5) is 0 Å². The first-order valence-corrected chi connectivity index (χ1v) is 13.5. The van der Waals surface area contributed by atoms with Crippen molar-refractivity contribution in [2.45, 2.75) is 32.3 Å². The van der Waals surface area contributed by atoms with Crippen LogP contribution in [0.15, 0.2) is 77.6 Å². The van der Waals surface area contributed by atoms with Crippen LogP contribution >= 0.6 is 0 Å². The number of methoxy groups -OCH3 is 1. The predicted octanol–water partition coefficient (Wildman–Crippen LogP) is 6.05. The highest BCUT2D eigenvalue weighted by molar-refractivity contribution is 5.87. The van der Waals surface area contributed by atoms with Crippen molar-refractivity contribution in [2.75, 3.05) is 33.4 Å². The molecule has 2 heterocycles. The van der Waals surface area contributed by atoms with E-state index in [-0.39, 0.29) is 5.43 Å². The Bertz CT molecular complexity index is 1410. The second-order valence-corrected chi connectivity index (χ2v) is 9.85. The van der Waals surface area contributed by atoms with Crippen LogP contribution in [0.2, 0.25) is 0 Å². The number of aryl methyl sites for hydroxylation is 1. The Hall–Kier alpha value is -3.77. The molecule has 4 aromatic rings. The first kappa shape index (κ1) is 25.9. The van der Waals surface area contributed by atoms with E-state index < -0.39 is 0 Å². The zero-order valence-corrected chi connectivity index (χ0v) is 22.3. The highest BCUT2D eigenvalue weighted by Crippen LogP contribution is 2.32. The van der Waals surface area contributed by atoms with Crippen molar-refractivity contribution >= 4 is 10.9 Å². The van der Waals surface area contributed by atoms with Gasteiger partial charge < -0.3 is 23.7 Å². The van der Waals surface area contributed by atoms with Gasteiger partial charge in [-0.1, -0.05) is 36.8 Å². The van der Waals surface area contributed by atoms with Gasteiger partial charge in [0.2, 0.25) is 5.43 Å². The SMILES string of the molecule is COc1c(-c2ccc(OCCCN3CCCCC3)cc2)n(C)c2ccc(OCc3ccccc3)cc2c1=O. The van der Waals surface area contributed by atoms with Crippen LogP contribution in [-0.2, 0) is 13.7 Å². The number of benzene rings is 3. The number of pyridine rings is 1. The topological polar surface area (TPSA) is 52.9 Å². The van der Waals surface area contributed by atoms with Crippen LogP contribution in [0, 0.1) is 0 Å². The van der Waals surface area contributed by atoms with E-state index in [1.54, 1.807) is 13.2 Å². The van der Waals surface area contributed by atoms with Gasteiger partial charge in [0, 0.05) is 19.2 Å². The number of nitrogens with zero attached hydrogens (tertiary/aromatic N) is 2. The summed E-state index contributed by atoms with van der Waals surface area (Å²) < 4.78 is 19.6. The molecule has 6 heteroatoms. The van der Waals surface area contributed by atoms with Crippen molar-refractivity contribution in [3.8, 4) is 28.5 Å². The molecule has 1 saturated heterocycles. The average Bonchev–Trinajstić information content (AvgIpc) is 2.97. The lowest BCUT2D eigenvalue weighted by Gasteiger charge is -2.26. The van der Waals surface area contributed by atoms with Gasteiger partial charge in [-0.25, -0.2) is 0 Å². The Morgan fingerprint density at radius 3 is 2.32 bits per heavy atom. The predicted molar refractivity (Wildman–Crippen MR) is 152 cm³/mol. The molecule has 1 aliphatic heterocycles. The third-order valence-corrected chi connectivity index (χ3v) is 7.25. The zero-order chi connectivity index (χ0) is 26.3. The zero-order valence-electron chi connectivity index (χ0n) is 22.3. The molecule has 1 aromatic heterocycles. The molecule has 0 aliphatic carbocycles. The van der Waals surface area contributed by atoms with E-state index in [1.165, 1.54) is 32.4 Å². The van der Waals surface area contributed by atoms with Gasteiger partial charge in [0.05, 0.1) is 30.3 Å². The fourth-order valence-electron chi connectivity index (χ4n) is 5.21. The number of aromatic nitrogens is 1. The molecular weight excluding hydrogens is 476 g/mol. The molecule has 0 unspecified atom stereocenters. The summed E-state index contributed by atoms with van der Waals surface area (Å²) in [4.78, 5) is 16.0. The van der Waals surface area contributed by atoms with Gasteiger partial charge in [-0.3, -0.25) is 4.79 Å². The second-order valence-electron chi connectivity index (χ2n) is 9.85. The summed E-state index contributed by atoms with van der Waals surface area (Å²) in [5.74, 6) is 1.79. The van der Waals surface area contributed by atoms with Gasteiger partial charge in [0.1, 0.15) is 18.1 Å². The summed E-state index contributed by atoms with van der Waals surface area (Å²) in [6, 6.07) is 23.5. The molecular formula is C32H36N2O4. The molecule has 5 rings (SSSR count). The Kier molecular flexibility index (Phi) is 8.29. The standard InChI is InChI=1S/C32H36N2O4/c1-33-29-17-16-27(38-23-24-10-5-3-6-11-24)22-28(29)31(35)32(36-2)30(33)25-12-14-26(15-13-25)37-21-9-20-34-18-7-4-8-19-34/h3,5-6,10-17,22H,4,7-9,18-21,23H2,1-2H3. The van der Waals surface area contributed by atoms with Crippen LogP contribution in [0.25, 0.3) is 22.2 Å². The molecule has 0 bridgehead atoms. The quantitative estimate of drug-likeness (QED) is 0.242. The van der Waals surface area contributed by atoms with E-state index >= 15 is 0 Å². The summed E-state index contributed by atoms with van der Waals surface area (Å²) in [5, 5.41) is 0.562. The number of piperidine rings is 1. The molecule has 0 radical (unpaired) electrons. The number of rotatable bonds is 10. The molecule has 198 valence electrons. The van der Waals surface area contributed by atoms with E-state index in [9.17, 15) is 4.79 Å². The van der Waals surface area contributed by atoms with E-state index in [4.69, 9.17) is 14.2 Å². The van der Waals surface area contributed by atoms with Crippen molar-refractivity contribution in [3.05, 3.63) is 88.6 Å². The van der Waals surface area contributed by atoms with E-state index in [2.05, 4.69) is 4.90 Å². The fraction of sp³-hybridized carbons (Fsp3) is 0.344. The lowest BCUT2D eigenvalue weighted by Crippen LogP contribution is -2.31. The van der Waals surface area contributed by atoms with Crippen LogP contribution in [0.1, 0.15) is 31.2 Å². The number of ether oxygens (including phenoxy) is 3. The minimum Gasteiger partial charge on any atom is -0.494 e. The summed E-state index contributed by atoms with van der Waals surface area (Å²) >= 11 is 0. The van der Waals surface area contributed by atoms with E-state index in [0.29, 0.717) is 30.1 Å². The van der Waals surface area contributed by atoms with Crippen molar-refractivity contribution in [2.24, 2.45) is 7.05 Å². The monoisotopic (exact) mass is 512 g/mol. The van der Waals surface area contributed by atoms with Crippen LogP contribution in [0.3, 0.4) is 0 Å². The van der Waals surface area contributed by atoms with Crippen molar-refractivity contribution in [1.29, 1.82) is 0 Å². The lowest BCUT2D eigenvalue weighted by molar-refractivity contribution is 0.205. The van der Waals surface area contributed by atoms with Gasteiger partial charge in [-0.15, -0.1) is 0 Å². The van der Waals surface area contributed by atoms with Gasteiger partial charge in [0.25, 0.3) is 0 Å². The van der Waals surface area contributed by atoms with Crippen molar-refractivity contribution in [1.82, 2.24) is 9.47 Å². The third-order valence-electron chi connectivity index (χ3n) is 7.25. The lowest BCUT2D eigenvalue weighted by atomic mass is 10.1. The Morgan fingerprint density at radius 1 is 0.842 bits per heavy atom. The van der Waals surface area contributed by atoms with Crippen LogP contribution in [-0.4, -0.2) is 42.8 Å². The van der Waals surface area contributed by atoms with Gasteiger partial charge >= 0.3 is 0 Å². The first-order chi connectivity index (χ1) is 18.6. The number of likely N-dealkylation sites (tertiary alicyclic amines) is 1. The fourth-order valence-corrected chi connectivity index (χ4v) is 5.21. The van der Waals surface area contributed by atoms with E-state index in [0.717, 1.165) is 41.1 Å². The Labute approximate surface area is 224 Å². The maximum atomic E-state index is 13.5. The van der Waals surface area contributed by atoms with Crippen molar-refractivity contribution in [3.63, 3.8) is 0 Å². The minimum atomic E-state index is -0.154. The normalized spacial score (nSPS) is 13.9. The summed E-state index contributed by atoms with van der Waals surface area (Å²) in [5.41, 5.74) is 3.37. The maximum absolute atomic E-state index is 13.5. The van der Waals surface area contributed by atoms with E-state index in [1.807, 2.05) is 78.3 Å². The number of fused-ring (bicyclic) bond motifs is 1. The molecule has 3 aromatic carbocycles. The Morgan fingerprint density at radius 2 is 1.58 bits per heavy atom. The highest BCUT2D eigenvalue weighted by Gasteiger charge is 2.18. The van der Waals surface area contributed by atoms with Crippen LogP contribution in [0.5, 0.6) is 17.2 Å². The molecule has 0 N–H and O–H groups in total. The molecule has 1 fully saturated rings. The number of hydrogen-bond donors (Lipinski definition) is 0. The van der Waals surface area contributed by atoms with Crippen molar-refractivity contribution < 1.29 is 14.2 Å². The van der Waals surface area contributed by atoms with Gasteiger partial charge in [0.15, 0.2) is 5.75 Å². The first-order valence-electron chi connectivity index (χ1n) is 13.5. The molecule has 0 saturated carbocycles. The number of hydrogen-bond acceptors (Lipinski definition) is 5. The Balaban J connectivity index is 1.32. The average molecular weight is 513 g/mol. The second kappa shape index (κ2) is 12.2. The largest absolute Gasteiger partial charge is 0.494 e. The smallest absolute Gasteiger partial charge is 0.231 e. The van der Waals surface area contributed by atoms with Gasteiger partial charge in [-0.2, -0.15) is 0 Å². The minimum absolute atomic E-state index is 0.154. The third kappa shape index (κ3) is 5.86. The maximum Gasteiger partial charge on any atom is 0.231 e. The molecule has 1 aliphatic rings. The summed E-state index contributed by atoms with van der Waals surface area (Å²) in [7, 11) is 3.50. The highest BCUT2D eigenvalue weighted by atomic mass is 16.5. The summed E-state index contributed by atoms with van der Waals surface area (Å²) in [6.45, 7) is 4.65. The summed E-state index contributed by atoms with van der Waals surface area (Å²) in [6.07, 6.45) is 5.00. The molecule has 0 spiro atoms. The molecule has 0 atom stereocenters. The van der Waals surface area contributed by atoms with Crippen LogP contribution < -0.4 is 19.6 Å². The van der Waals surface area contributed by atoms with Gasteiger partial charge in [-0.05, 0) is 80.4 Å². The molecule has 0 amide bonds.